The molecule has 3 heterocycles. The molecule has 3 fully saturated rings. The summed E-state index contributed by atoms with van der Waals surface area (Å²) in [6.07, 6.45) is 6.35. The predicted octanol–water partition coefficient (Wildman–Crippen LogP) is 4.81. The molecule has 3 aromatic rings. The molecule has 0 bridgehead atoms. The van der Waals surface area contributed by atoms with E-state index in [9.17, 15) is 4.79 Å². The van der Waals surface area contributed by atoms with Crippen molar-refractivity contribution in [2.24, 2.45) is 5.92 Å². The number of aromatic nitrogens is 2. The van der Waals surface area contributed by atoms with Gasteiger partial charge in [0.05, 0.1) is 18.1 Å². The fourth-order valence-electron chi connectivity index (χ4n) is 6.02. The van der Waals surface area contributed by atoms with Crippen molar-refractivity contribution in [3.8, 4) is 17.1 Å². The molecule has 1 aromatic heterocycles. The first-order valence-electron chi connectivity index (χ1n) is 13.1. The van der Waals surface area contributed by atoms with Crippen molar-refractivity contribution in [2.45, 2.75) is 56.0 Å². The number of piperidine rings is 1. The zero-order valence-corrected chi connectivity index (χ0v) is 20.8. The standard InChI is InChI=1S/C29H33N3O4/c1-34-24-9-7-23(8-10-24)29(12-13-29)27(33)32-16-14-28(15-17-32)20-21(11-18-35-28)19-25-30-26(31-36-25)22-5-3-2-4-6-22/h2-10,21H,11-20H2,1H3. The van der Waals surface area contributed by atoms with E-state index in [-0.39, 0.29) is 16.9 Å². The molecule has 1 aliphatic carbocycles. The van der Waals surface area contributed by atoms with Crippen LogP contribution in [-0.2, 0) is 21.4 Å². The highest BCUT2D eigenvalue weighted by Gasteiger charge is 2.54. The molecular formula is C29H33N3O4. The van der Waals surface area contributed by atoms with Gasteiger partial charge in [-0.2, -0.15) is 4.98 Å². The van der Waals surface area contributed by atoms with Crippen LogP contribution < -0.4 is 4.74 Å². The third-order valence-electron chi connectivity index (χ3n) is 8.32. The maximum atomic E-state index is 13.6. The smallest absolute Gasteiger partial charge is 0.233 e. The van der Waals surface area contributed by atoms with Gasteiger partial charge in [-0.3, -0.25) is 4.79 Å². The lowest BCUT2D eigenvalue weighted by Gasteiger charge is -2.46. The van der Waals surface area contributed by atoms with E-state index in [1.807, 2.05) is 54.6 Å². The summed E-state index contributed by atoms with van der Waals surface area (Å²) < 4.78 is 17.2. The topological polar surface area (TPSA) is 77.7 Å². The third-order valence-corrected chi connectivity index (χ3v) is 8.32. The second-order valence-electron chi connectivity index (χ2n) is 10.6. The molecule has 2 aliphatic heterocycles. The van der Waals surface area contributed by atoms with E-state index >= 15 is 0 Å². The summed E-state index contributed by atoms with van der Waals surface area (Å²) in [5.41, 5.74) is 1.58. The number of likely N-dealkylation sites (tertiary alicyclic amines) is 1. The molecule has 1 unspecified atom stereocenters. The van der Waals surface area contributed by atoms with Crippen molar-refractivity contribution in [3.05, 3.63) is 66.1 Å². The lowest BCUT2D eigenvalue weighted by molar-refractivity contribution is -0.149. The zero-order valence-electron chi connectivity index (χ0n) is 20.8. The molecule has 36 heavy (non-hydrogen) atoms. The molecule has 3 aliphatic rings. The van der Waals surface area contributed by atoms with Crippen LogP contribution in [0.2, 0.25) is 0 Å². The Morgan fingerprint density at radius 1 is 1.06 bits per heavy atom. The quantitative estimate of drug-likeness (QED) is 0.497. The molecule has 7 heteroatoms. The minimum Gasteiger partial charge on any atom is -0.497 e. The number of carbonyl (C=O) groups excluding carboxylic acids is 1. The molecule has 188 valence electrons. The van der Waals surface area contributed by atoms with Gasteiger partial charge in [-0.25, -0.2) is 0 Å². The van der Waals surface area contributed by atoms with E-state index in [0.717, 1.165) is 81.5 Å². The third kappa shape index (κ3) is 4.41. The molecule has 2 aromatic carbocycles. The molecule has 1 saturated carbocycles. The van der Waals surface area contributed by atoms with Crippen LogP contribution >= 0.6 is 0 Å². The van der Waals surface area contributed by atoms with E-state index in [0.29, 0.717) is 17.6 Å². The summed E-state index contributed by atoms with van der Waals surface area (Å²) in [6.45, 7) is 2.25. The Bertz CT molecular complexity index is 1190. The number of benzene rings is 2. The molecule has 0 N–H and O–H groups in total. The number of methoxy groups -OCH3 is 1. The molecule has 1 amide bonds. The van der Waals surface area contributed by atoms with Crippen molar-refractivity contribution in [1.29, 1.82) is 0 Å². The number of rotatable bonds is 6. The van der Waals surface area contributed by atoms with Crippen LogP contribution in [-0.4, -0.2) is 53.4 Å². The van der Waals surface area contributed by atoms with Crippen molar-refractivity contribution in [1.82, 2.24) is 15.0 Å². The number of carbonyl (C=O) groups is 1. The molecular weight excluding hydrogens is 454 g/mol. The summed E-state index contributed by atoms with van der Waals surface area (Å²) in [5.74, 6) is 2.87. The van der Waals surface area contributed by atoms with E-state index in [2.05, 4.69) is 15.0 Å². The highest BCUT2D eigenvalue weighted by atomic mass is 16.5. The number of ether oxygens (including phenoxy) is 2. The SMILES string of the molecule is COc1ccc(C2(C(=O)N3CCC4(CC3)CC(Cc3nc(-c5ccccc5)no3)CCO4)CC2)cc1. The van der Waals surface area contributed by atoms with Gasteiger partial charge in [0.15, 0.2) is 0 Å². The minimum atomic E-state index is -0.346. The first-order valence-corrected chi connectivity index (χ1v) is 13.1. The summed E-state index contributed by atoms with van der Waals surface area (Å²) in [4.78, 5) is 20.3. The predicted molar refractivity (Wildman–Crippen MR) is 135 cm³/mol. The molecule has 1 spiro atoms. The van der Waals surface area contributed by atoms with E-state index in [1.165, 1.54) is 0 Å². The average molecular weight is 488 g/mol. The fourth-order valence-corrected chi connectivity index (χ4v) is 6.02. The van der Waals surface area contributed by atoms with Crippen LogP contribution in [0.3, 0.4) is 0 Å². The highest BCUT2D eigenvalue weighted by molar-refractivity contribution is 5.91. The Labute approximate surface area is 211 Å². The summed E-state index contributed by atoms with van der Waals surface area (Å²) in [6, 6.07) is 17.9. The van der Waals surface area contributed by atoms with Crippen LogP contribution in [0.1, 0.15) is 50.0 Å². The Kier molecular flexibility index (Phi) is 6.04. The van der Waals surface area contributed by atoms with Gasteiger partial charge < -0.3 is 18.9 Å². The fraction of sp³-hybridized carbons (Fsp3) is 0.483. The summed E-state index contributed by atoms with van der Waals surface area (Å²) in [7, 11) is 1.67. The number of amides is 1. The zero-order chi connectivity index (χ0) is 24.6. The monoisotopic (exact) mass is 487 g/mol. The minimum absolute atomic E-state index is 0.154. The lowest BCUT2D eigenvalue weighted by atomic mass is 9.78. The van der Waals surface area contributed by atoms with Gasteiger partial charge in [0.2, 0.25) is 17.6 Å². The lowest BCUT2D eigenvalue weighted by Crippen LogP contribution is -2.52. The van der Waals surface area contributed by atoms with Crippen molar-refractivity contribution in [3.63, 3.8) is 0 Å². The van der Waals surface area contributed by atoms with Gasteiger partial charge in [-0.1, -0.05) is 47.6 Å². The van der Waals surface area contributed by atoms with Crippen molar-refractivity contribution >= 4 is 5.91 Å². The maximum absolute atomic E-state index is 13.6. The summed E-state index contributed by atoms with van der Waals surface area (Å²) >= 11 is 0. The van der Waals surface area contributed by atoms with Gasteiger partial charge >= 0.3 is 0 Å². The molecule has 0 radical (unpaired) electrons. The van der Waals surface area contributed by atoms with Gasteiger partial charge in [0.25, 0.3) is 0 Å². The van der Waals surface area contributed by atoms with Gasteiger partial charge in [0.1, 0.15) is 5.75 Å². The highest BCUT2D eigenvalue weighted by Crippen LogP contribution is 2.51. The second-order valence-corrected chi connectivity index (χ2v) is 10.6. The van der Waals surface area contributed by atoms with Crippen LogP contribution in [0.25, 0.3) is 11.4 Å². The van der Waals surface area contributed by atoms with Crippen molar-refractivity contribution in [2.75, 3.05) is 26.8 Å². The normalized spacial score (nSPS) is 22.4. The van der Waals surface area contributed by atoms with Gasteiger partial charge in [-0.05, 0) is 62.1 Å². The first-order chi connectivity index (χ1) is 17.6. The molecule has 2 saturated heterocycles. The van der Waals surface area contributed by atoms with Crippen molar-refractivity contribution < 1.29 is 18.8 Å². The number of hydrogen-bond donors (Lipinski definition) is 0. The van der Waals surface area contributed by atoms with Gasteiger partial charge in [0, 0.05) is 31.7 Å². The second kappa shape index (κ2) is 9.36. The summed E-state index contributed by atoms with van der Waals surface area (Å²) in [5, 5.41) is 4.18. The maximum Gasteiger partial charge on any atom is 0.233 e. The Morgan fingerprint density at radius 2 is 1.81 bits per heavy atom. The number of hydrogen-bond acceptors (Lipinski definition) is 6. The van der Waals surface area contributed by atoms with Crippen LogP contribution in [0.4, 0.5) is 0 Å². The average Bonchev–Trinajstić information content (AvgIpc) is 3.61. The van der Waals surface area contributed by atoms with E-state index in [4.69, 9.17) is 14.0 Å². The Balaban J connectivity index is 1.07. The van der Waals surface area contributed by atoms with Crippen LogP contribution in [0, 0.1) is 5.92 Å². The Hall–Kier alpha value is -3.19. The molecule has 1 atom stereocenters. The largest absolute Gasteiger partial charge is 0.497 e. The first kappa shape index (κ1) is 23.2. The van der Waals surface area contributed by atoms with E-state index < -0.39 is 0 Å². The number of nitrogens with zero attached hydrogens (tertiary/aromatic N) is 3. The molecule has 7 nitrogen and oxygen atoms in total. The van der Waals surface area contributed by atoms with Gasteiger partial charge in [-0.15, -0.1) is 0 Å². The van der Waals surface area contributed by atoms with E-state index in [1.54, 1.807) is 7.11 Å². The van der Waals surface area contributed by atoms with Crippen LogP contribution in [0.15, 0.2) is 59.1 Å². The Morgan fingerprint density at radius 3 is 2.50 bits per heavy atom. The molecule has 6 rings (SSSR count). The van der Waals surface area contributed by atoms with Crippen LogP contribution in [0.5, 0.6) is 5.75 Å².